The summed E-state index contributed by atoms with van der Waals surface area (Å²) >= 11 is 0. The zero-order valence-corrected chi connectivity index (χ0v) is 11.0. The Bertz CT molecular complexity index is 640. The van der Waals surface area contributed by atoms with Crippen molar-refractivity contribution in [1.29, 1.82) is 0 Å². The number of carboxylic acids is 1. The first-order chi connectivity index (χ1) is 9.68. The molecule has 2 aromatic rings. The van der Waals surface area contributed by atoms with Crippen LogP contribution in [0.25, 0.3) is 0 Å². The van der Waals surface area contributed by atoms with Crippen molar-refractivity contribution in [3.05, 3.63) is 47.5 Å². The molecular weight excluding hydrogens is 256 g/mol. The van der Waals surface area contributed by atoms with Gasteiger partial charge in [0.2, 0.25) is 5.78 Å². The van der Waals surface area contributed by atoms with Gasteiger partial charge in [-0.15, -0.1) is 0 Å². The number of H-pyrrole nitrogens is 1. The minimum absolute atomic E-state index is 0.0905. The van der Waals surface area contributed by atoms with Crippen LogP contribution in [0, 0.1) is 0 Å². The van der Waals surface area contributed by atoms with Gasteiger partial charge < -0.3 is 14.7 Å². The second-order valence-corrected chi connectivity index (χ2v) is 5.09. The molecule has 0 aliphatic carbocycles. The number of aliphatic carboxylic acids is 1. The lowest BCUT2D eigenvalue weighted by molar-refractivity contribution is -0.139. The number of rotatable bonds is 3. The minimum Gasteiger partial charge on any atom is -0.481 e. The SMILES string of the molecule is O=C(c1ccc[nH]1)c1ccc2n1CCCCC2C(=O)O. The summed E-state index contributed by atoms with van der Waals surface area (Å²) in [6.07, 6.45) is 4.11. The number of aromatic nitrogens is 2. The van der Waals surface area contributed by atoms with Crippen molar-refractivity contribution in [2.75, 3.05) is 0 Å². The van der Waals surface area contributed by atoms with Crippen LogP contribution in [0.15, 0.2) is 30.5 Å². The van der Waals surface area contributed by atoms with Crippen LogP contribution in [0.3, 0.4) is 0 Å². The average molecular weight is 272 g/mol. The number of carboxylic acid groups (broad SMARTS) is 1. The summed E-state index contributed by atoms with van der Waals surface area (Å²) in [5.41, 5.74) is 1.84. The third-order valence-corrected chi connectivity index (χ3v) is 3.87. The highest BCUT2D eigenvalue weighted by molar-refractivity contribution is 6.06. The summed E-state index contributed by atoms with van der Waals surface area (Å²) in [4.78, 5) is 26.7. The number of ketones is 1. The van der Waals surface area contributed by atoms with Crippen LogP contribution in [0.5, 0.6) is 0 Å². The Labute approximate surface area is 116 Å². The zero-order valence-electron chi connectivity index (χ0n) is 11.0. The first-order valence-corrected chi connectivity index (χ1v) is 6.79. The van der Waals surface area contributed by atoms with E-state index < -0.39 is 11.9 Å². The molecule has 1 aliphatic rings. The molecule has 0 radical (unpaired) electrons. The molecule has 2 aromatic heterocycles. The summed E-state index contributed by atoms with van der Waals surface area (Å²) < 4.78 is 1.87. The van der Waals surface area contributed by atoms with Gasteiger partial charge in [-0.25, -0.2) is 0 Å². The lowest BCUT2D eigenvalue weighted by Crippen LogP contribution is -2.17. The molecular formula is C15H16N2O3. The first-order valence-electron chi connectivity index (χ1n) is 6.79. The number of nitrogens with zero attached hydrogens (tertiary/aromatic N) is 1. The Hall–Kier alpha value is -2.30. The summed E-state index contributed by atoms with van der Waals surface area (Å²) in [7, 11) is 0. The fraction of sp³-hybridized carbons (Fsp3) is 0.333. The van der Waals surface area contributed by atoms with Crippen molar-refractivity contribution in [2.24, 2.45) is 0 Å². The molecule has 0 bridgehead atoms. The summed E-state index contributed by atoms with van der Waals surface area (Å²) in [6.45, 7) is 0.702. The molecule has 0 amide bonds. The van der Waals surface area contributed by atoms with Crippen LogP contribution in [-0.4, -0.2) is 26.4 Å². The monoisotopic (exact) mass is 272 g/mol. The third kappa shape index (κ3) is 2.05. The molecule has 0 fully saturated rings. The van der Waals surface area contributed by atoms with Crippen LogP contribution < -0.4 is 0 Å². The van der Waals surface area contributed by atoms with E-state index in [0.717, 1.165) is 18.5 Å². The Morgan fingerprint density at radius 3 is 2.80 bits per heavy atom. The summed E-state index contributed by atoms with van der Waals surface area (Å²) in [5, 5.41) is 9.34. The maximum atomic E-state index is 12.4. The maximum Gasteiger partial charge on any atom is 0.312 e. The molecule has 0 aromatic carbocycles. The van der Waals surface area contributed by atoms with Gasteiger partial charge in [0.15, 0.2) is 0 Å². The number of hydrogen-bond donors (Lipinski definition) is 2. The van der Waals surface area contributed by atoms with Crippen molar-refractivity contribution >= 4 is 11.8 Å². The Morgan fingerprint density at radius 1 is 1.25 bits per heavy atom. The molecule has 2 N–H and O–H groups in total. The Kier molecular flexibility index (Phi) is 3.18. The lowest BCUT2D eigenvalue weighted by atomic mass is 10.0. The van der Waals surface area contributed by atoms with E-state index in [0.29, 0.717) is 24.4 Å². The minimum atomic E-state index is -0.815. The van der Waals surface area contributed by atoms with Gasteiger partial charge in [-0.2, -0.15) is 0 Å². The number of carbonyl (C=O) groups excluding carboxylic acids is 1. The van der Waals surface area contributed by atoms with Crippen molar-refractivity contribution in [2.45, 2.75) is 31.7 Å². The maximum absolute atomic E-state index is 12.4. The van der Waals surface area contributed by atoms with Gasteiger partial charge in [-0.1, -0.05) is 6.42 Å². The average Bonchev–Trinajstić information content (AvgIpc) is 3.04. The van der Waals surface area contributed by atoms with E-state index in [9.17, 15) is 14.7 Å². The molecule has 1 unspecified atom stereocenters. The summed E-state index contributed by atoms with van der Waals surface area (Å²) in [6, 6.07) is 7.02. The van der Waals surface area contributed by atoms with E-state index in [-0.39, 0.29) is 5.78 Å². The van der Waals surface area contributed by atoms with Crippen molar-refractivity contribution in [3.8, 4) is 0 Å². The van der Waals surface area contributed by atoms with Crippen LogP contribution in [0.1, 0.15) is 47.1 Å². The van der Waals surface area contributed by atoms with Gasteiger partial charge >= 0.3 is 5.97 Å². The standard InChI is InChI=1S/C15H16N2O3/c18-14(11-5-3-8-16-11)13-7-6-12-10(15(19)20)4-1-2-9-17(12)13/h3,5-8,10,16H,1-2,4,9H2,(H,19,20). The van der Waals surface area contributed by atoms with Gasteiger partial charge in [0.25, 0.3) is 0 Å². The van der Waals surface area contributed by atoms with Crippen molar-refractivity contribution < 1.29 is 14.7 Å². The normalized spacial score (nSPS) is 18.3. The predicted molar refractivity (Wildman–Crippen MR) is 72.9 cm³/mol. The molecule has 5 heteroatoms. The second-order valence-electron chi connectivity index (χ2n) is 5.09. The molecule has 1 aliphatic heterocycles. The highest BCUT2D eigenvalue weighted by Crippen LogP contribution is 2.29. The smallest absolute Gasteiger partial charge is 0.312 e. The van der Waals surface area contributed by atoms with Crippen LogP contribution in [0.4, 0.5) is 0 Å². The Balaban J connectivity index is 2.03. The highest BCUT2D eigenvalue weighted by atomic mass is 16.4. The quantitative estimate of drug-likeness (QED) is 0.842. The van der Waals surface area contributed by atoms with E-state index in [2.05, 4.69) is 4.98 Å². The van der Waals surface area contributed by atoms with Crippen LogP contribution >= 0.6 is 0 Å². The number of aromatic amines is 1. The van der Waals surface area contributed by atoms with Crippen molar-refractivity contribution in [1.82, 2.24) is 9.55 Å². The largest absolute Gasteiger partial charge is 0.481 e. The highest BCUT2D eigenvalue weighted by Gasteiger charge is 2.28. The molecule has 3 heterocycles. The van der Waals surface area contributed by atoms with Gasteiger partial charge in [-0.05, 0) is 37.1 Å². The fourth-order valence-electron chi connectivity index (χ4n) is 2.86. The van der Waals surface area contributed by atoms with E-state index >= 15 is 0 Å². The van der Waals surface area contributed by atoms with E-state index in [1.54, 1.807) is 30.5 Å². The van der Waals surface area contributed by atoms with Crippen LogP contribution in [-0.2, 0) is 11.3 Å². The topological polar surface area (TPSA) is 75.1 Å². The second kappa shape index (κ2) is 5.00. The summed E-state index contributed by atoms with van der Waals surface area (Å²) in [5.74, 6) is -1.42. The van der Waals surface area contributed by atoms with Gasteiger partial charge in [-0.3, -0.25) is 9.59 Å². The molecule has 0 spiro atoms. The van der Waals surface area contributed by atoms with Gasteiger partial charge in [0.05, 0.1) is 17.3 Å². The molecule has 20 heavy (non-hydrogen) atoms. The molecule has 104 valence electrons. The van der Waals surface area contributed by atoms with Gasteiger partial charge in [0.1, 0.15) is 0 Å². The molecule has 5 nitrogen and oxygen atoms in total. The first kappa shape index (κ1) is 12.7. The fourth-order valence-corrected chi connectivity index (χ4v) is 2.86. The molecule has 0 saturated heterocycles. The van der Waals surface area contributed by atoms with E-state index in [1.165, 1.54) is 0 Å². The van der Waals surface area contributed by atoms with Crippen molar-refractivity contribution in [3.63, 3.8) is 0 Å². The lowest BCUT2D eigenvalue weighted by Gasteiger charge is -2.13. The number of hydrogen-bond acceptors (Lipinski definition) is 2. The van der Waals surface area contributed by atoms with Gasteiger partial charge in [0, 0.05) is 18.4 Å². The number of carbonyl (C=O) groups is 2. The number of fused-ring (bicyclic) bond motifs is 1. The van der Waals surface area contributed by atoms with E-state index in [4.69, 9.17) is 0 Å². The Morgan fingerprint density at radius 2 is 2.10 bits per heavy atom. The molecule has 1 atom stereocenters. The number of nitrogens with one attached hydrogen (secondary N) is 1. The third-order valence-electron chi connectivity index (χ3n) is 3.87. The predicted octanol–water partition coefficient (Wildman–Crippen LogP) is 2.40. The molecule has 3 rings (SSSR count). The zero-order chi connectivity index (χ0) is 14.1. The van der Waals surface area contributed by atoms with E-state index in [1.807, 2.05) is 4.57 Å². The molecule has 0 saturated carbocycles. The van der Waals surface area contributed by atoms with Crippen LogP contribution in [0.2, 0.25) is 0 Å².